The Balaban J connectivity index is 2.16. The topological polar surface area (TPSA) is 35.5 Å². The molecule has 3 nitrogen and oxygen atoms in total. The quantitative estimate of drug-likeness (QED) is 0.610. The van der Waals surface area contributed by atoms with Gasteiger partial charge < -0.3 is 9.47 Å². The van der Waals surface area contributed by atoms with Crippen molar-refractivity contribution in [1.82, 2.24) is 0 Å². The van der Waals surface area contributed by atoms with Gasteiger partial charge >= 0.3 is 0 Å². The second-order valence-electron chi connectivity index (χ2n) is 3.61. The number of rotatable bonds is 1. The third-order valence-corrected chi connectivity index (χ3v) is 3.11. The molecule has 0 bridgehead atoms. The lowest BCUT2D eigenvalue weighted by atomic mass is 9.84. The predicted molar refractivity (Wildman–Crippen MR) is 47.5 cm³/mol. The molecule has 0 aromatic rings. The van der Waals surface area contributed by atoms with E-state index in [4.69, 9.17) is 21.1 Å². The second kappa shape index (κ2) is 3.56. The number of hydrogen-bond donors (Lipinski definition) is 0. The van der Waals surface area contributed by atoms with Crippen molar-refractivity contribution in [2.45, 2.75) is 31.5 Å². The van der Waals surface area contributed by atoms with Crippen LogP contribution in [0.1, 0.15) is 25.7 Å². The Labute approximate surface area is 82.3 Å². The molecule has 1 aliphatic heterocycles. The van der Waals surface area contributed by atoms with E-state index in [9.17, 15) is 4.79 Å². The summed E-state index contributed by atoms with van der Waals surface area (Å²) in [7, 11) is 0. The Morgan fingerprint density at radius 2 is 2.00 bits per heavy atom. The molecule has 1 aliphatic carbocycles. The number of carbonyl (C=O) groups is 1. The first kappa shape index (κ1) is 9.44. The smallest absolute Gasteiger partial charge is 0.230 e. The summed E-state index contributed by atoms with van der Waals surface area (Å²) in [5, 5.41) is -0.318. The maximum atomic E-state index is 11.2. The standard InChI is InChI=1S/C9H13ClO3/c10-8(11)7-3-1-2-4-9(7)12-5-6-13-9/h7H,1-6H2/t7-/m0/s1. The predicted octanol–water partition coefficient (Wildman–Crippen LogP) is 1.69. The van der Waals surface area contributed by atoms with Crippen molar-refractivity contribution in [3.05, 3.63) is 0 Å². The molecule has 0 aromatic heterocycles. The van der Waals surface area contributed by atoms with Crippen LogP contribution in [0.4, 0.5) is 0 Å². The van der Waals surface area contributed by atoms with Crippen LogP contribution in [0.3, 0.4) is 0 Å². The van der Waals surface area contributed by atoms with E-state index < -0.39 is 5.79 Å². The lowest BCUT2D eigenvalue weighted by Crippen LogP contribution is -2.44. The molecule has 2 fully saturated rings. The normalized spacial score (nSPS) is 32.2. The van der Waals surface area contributed by atoms with Gasteiger partial charge in [0, 0.05) is 6.42 Å². The highest BCUT2D eigenvalue weighted by atomic mass is 35.5. The van der Waals surface area contributed by atoms with Crippen LogP contribution in [0, 0.1) is 5.92 Å². The fourth-order valence-corrected chi connectivity index (χ4v) is 2.49. The largest absolute Gasteiger partial charge is 0.347 e. The number of ether oxygens (including phenoxy) is 2. The molecule has 74 valence electrons. The van der Waals surface area contributed by atoms with Gasteiger partial charge in [0.1, 0.15) is 0 Å². The molecule has 1 spiro atoms. The SMILES string of the molecule is O=C(Cl)[C@@H]1CCCCC12OCCO2. The van der Waals surface area contributed by atoms with Gasteiger partial charge in [-0.3, -0.25) is 4.79 Å². The summed E-state index contributed by atoms with van der Waals surface area (Å²) in [4.78, 5) is 11.2. The molecule has 13 heavy (non-hydrogen) atoms. The van der Waals surface area contributed by atoms with E-state index >= 15 is 0 Å². The minimum atomic E-state index is -0.670. The number of halogens is 1. The molecule has 2 rings (SSSR count). The first-order chi connectivity index (χ1) is 6.25. The van der Waals surface area contributed by atoms with Crippen LogP contribution in [0.25, 0.3) is 0 Å². The summed E-state index contributed by atoms with van der Waals surface area (Å²) in [5.41, 5.74) is 0. The maximum Gasteiger partial charge on any atom is 0.230 e. The molecular weight excluding hydrogens is 192 g/mol. The van der Waals surface area contributed by atoms with Gasteiger partial charge in [-0.2, -0.15) is 0 Å². The van der Waals surface area contributed by atoms with Gasteiger partial charge in [-0.1, -0.05) is 6.42 Å². The highest BCUT2D eigenvalue weighted by molar-refractivity contribution is 6.64. The van der Waals surface area contributed by atoms with Crippen LogP contribution >= 0.6 is 11.6 Å². The van der Waals surface area contributed by atoms with E-state index in [2.05, 4.69) is 0 Å². The van der Waals surface area contributed by atoms with Crippen molar-refractivity contribution < 1.29 is 14.3 Å². The van der Waals surface area contributed by atoms with Gasteiger partial charge in [-0.05, 0) is 24.4 Å². The minimum Gasteiger partial charge on any atom is -0.347 e. The van der Waals surface area contributed by atoms with E-state index in [1.54, 1.807) is 0 Å². The molecule has 1 heterocycles. The Kier molecular flexibility index (Phi) is 2.58. The second-order valence-corrected chi connectivity index (χ2v) is 3.98. The van der Waals surface area contributed by atoms with Crippen molar-refractivity contribution in [3.8, 4) is 0 Å². The molecule has 1 atom stereocenters. The summed E-state index contributed by atoms with van der Waals surface area (Å²) in [6, 6.07) is 0. The molecule has 0 N–H and O–H groups in total. The zero-order chi connectivity index (χ0) is 9.31. The van der Waals surface area contributed by atoms with Gasteiger partial charge in [-0.15, -0.1) is 0 Å². The van der Waals surface area contributed by atoms with Crippen LogP contribution in [0.5, 0.6) is 0 Å². The molecule has 0 unspecified atom stereocenters. The molecule has 0 amide bonds. The Morgan fingerprint density at radius 3 is 2.62 bits per heavy atom. The van der Waals surface area contributed by atoms with E-state index in [0.717, 1.165) is 25.7 Å². The highest BCUT2D eigenvalue weighted by Crippen LogP contribution is 2.41. The summed E-state index contributed by atoms with van der Waals surface area (Å²) in [6.45, 7) is 1.17. The van der Waals surface area contributed by atoms with Crippen molar-refractivity contribution in [2.24, 2.45) is 5.92 Å². The summed E-state index contributed by atoms with van der Waals surface area (Å²) in [5.74, 6) is -0.928. The fraction of sp³-hybridized carbons (Fsp3) is 0.889. The van der Waals surface area contributed by atoms with Crippen LogP contribution in [0.2, 0.25) is 0 Å². The number of carbonyl (C=O) groups excluding carboxylic acids is 1. The lowest BCUT2D eigenvalue weighted by molar-refractivity contribution is -0.208. The summed E-state index contributed by atoms with van der Waals surface area (Å²) < 4.78 is 11.1. The third kappa shape index (κ3) is 1.60. The van der Waals surface area contributed by atoms with E-state index in [1.807, 2.05) is 0 Å². The van der Waals surface area contributed by atoms with Crippen molar-refractivity contribution in [2.75, 3.05) is 13.2 Å². The molecule has 1 saturated heterocycles. The maximum absolute atomic E-state index is 11.2. The summed E-state index contributed by atoms with van der Waals surface area (Å²) in [6.07, 6.45) is 3.69. The molecular formula is C9H13ClO3. The van der Waals surface area contributed by atoms with Gasteiger partial charge in [0.2, 0.25) is 5.24 Å². The molecule has 0 aromatic carbocycles. The average Bonchev–Trinajstić information content (AvgIpc) is 2.54. The van der Waals surface area contributed by atoms with Gasteiger partial charge in [0.05, 0.1) is 19.1 Å². The number of hydrogen-bond acceptors (Lipinski definition) is 3. The highest BCUT2D eigenvalue weighted by Gasteiger charge is 2.48. The first-order valence-electron chi connectivity index (χ1n) is 4.72. The summed E-state index contributed by atoms with van der Waals surface area (Å²) >= 11 is 5.53. The first-order valence-corrected chi connectivity index (χ1v) is 5.10. The monoisotopic (exact) mass is 204 g/mol. The molecule has 2 aliphatic rings. The zero-order valence-electron chi connectivity index (χ0n) is 7.42. The minimum absolute atomic E-state index is 0.259. The van der Waals surface area contributed by atoms with Gasteiger partial charge in [0.15, 0.2) is 5.79 Å². The Morgan fingerprint density at radius 1 is 1.31 bits per heavy atom. The average molecular weight is 205 g/mol. The van der Waals surface area contributed by atoms with Crippen LogP contribution in [-0.2, 0) is 14.3 Å². The zero-order valence-corrected chi connectivity index (χ0v) is 8.18. The molecule has 0 radical (unpaired) electrons. The lowest BCUT2D eigenvalue weighted by Gasteiger charge is -2.37. The van der Waals surface area contributed by atoms with Crippen LogP contribution < -0.4 is 0 Å². The Hall–Kier alpha value is -0.120. The van der Waals surface area contributed by atoms with Gasteiger partial charge in [-0.25, -0.2) is 0 Å². The van der Waals surface area contributed by atoms with E-state index in [-0.39, 0.29) is 11.2 Å². The fourth-order valence-electron chi connectivity index (χ4n) is 2.22. The molecule has 1 saturated carbocycles. The van der Waals surface area contributed by atoms with E-state index in [1.165, 1.54) is 0 Å². The van der Waals surface area contributed by atoms with Crippen LogP contribution in [0.15, 0.2) is 0 Å². The molecule has 4 heteroatoms. The van der Waals surface area contributed by atoms with Crippen LogP contribution in [-0.4, -0.2) is 24.2 Å². The van der Waals surface area contributed by atoms with Crippen molar-refractivity contribution >= 4 is 16.8 Å². The van der Waals surface area contributed by atoms with E-state index in [0.29, 0.717) is 13.2 Å². The third-order valence-electron chi connectivity index (χ3n) is 2.85. The van der Waals surface area contributed by atoms with Crippen molar-refractivity contribution in [1.29, 1.82) is 0 Å². The van der Waals surface area contributed by atoms with Crippen molar-refractivity contribution in [3.63, 3.8) is 0 Å². The van der Waals surface area contributed by atoms with Gasteiger partial charge in [0.25, 0.3) is 0 Å². The Bertz CT molecular complexity index is 211.